The van der Waals surface area contributed by atoms with Crippen molar-refractivity contribution in [1.82, 2.24) is 4.90 Å². The van der Waals surface area contributed by atoms with Crippen molar-refractivity contribution < 1.29 is 22.8 Å². The predicted octanol–water partition coefficient (Wildman–Crippen LogP) is 3.03. The van der Waals surface area contributed by atoms with Crippen molar-refractivity contribution in [1.29, 1.82) is 5.26 Å². The molecule has 0 spiro atoms. The SMILES string of the molecule is Cc1c(N2C(=O)N3CCC(=O)C3C2C(F)(F)F)ccc(C#N)c1Cl. The quantitative estimate of drug-likeness (QED) is 0.776. The smallest absolute Gasteiger partial charge is 0.311 e. The molecule has 1 aromatic rings. The molecule has 2 aliphatic rings. The molecular weight excluding hydrogens is 347 g/mol. The Morgan fingerprint density at radius 1 is 1.33 bits per heavy atom. The van der Waals surface area contributed by atoms with Crippen molar-refractivity contribution in [3.63, 3.8) is 0 Å². The lowest BCUT2D eigenvalue weighted by Gasteiger charge is -2.28. The van der Waals surface area contributed by atoms with Crippen molar-refractivity contribution in [3.8, 4) is 6.07 Å². The number of alkyl halides is 3. The average molecular weight is 358 g/mol. The molecule has 126 valence electrons. The maximum atomic E-state index is 13.6. The lowest BCUT2D eigenvalue weighted by molar-refractivity contribution is -0.156. The standard InChI is InChI=1S/C15H11ClF3N3O2/c1-7-9(3-2-8(6-20)11(7)16)22-13(15(17,18)19)12-10(23)4-5-21(12)14(22)24/h2-3,12-13H,4-5H2,1H3. The topological polar surface area (TPSA) is 64.4 Å². The molecule has 9 heteroatoms. The highest BCUT2D eigenvalue weighted by Crippen LogP contribution is 2.43. The van der Waals surface area contributed by atoms with Crippen LogP contribution in [0.25, 0.3) is 0 Å². The fourth-order valence-corrected chi connectivity index (χ4v) is 3.45. The van der Waals surface area contributed by atoms with Crippen LogP contribution in [-0.4, -0.2) is 41.5 Å². The zero-order valence-corrected chi connectivity index (χ0v) is 13.1. The largest absolute Gasteiger partial charge is 0.411 e. The van der Waals surface area contributed by atoms with Crippen molar-refractivity contribution in [2.75, 3.05) is 11.4 Å². The van der Waals surface area contributed by atoms with E-state index in [4.69, 9.17) is 16.9 Å². The number of nitriles is 1. The van der Waals surface area contributed by atoms with Gasteiger partial charge < -0.3 is 4.90 Å². The summed E-state index contributed by atoms with van der Waals surface area (Å²) in [6, 6.07) is -0.330. The van der Waals surface area contributed by atoms with Gasteiger partial charge in [0.2, 0.25) is 0 Å². The normalized spacial score (nSPS) is 23.7. The number of Topliss-reactive ketones (excluding diaryl/α,β-unsaturated/α-hetero) is 1. The van der Waals surface area contributed by atoms with E-state index in [2.05, 4.69) is 0 Å². The molecule has 5 nitrogen and oxygen atoms in total. The highest BCUT2D eigenvalue weighted by atomic mass is 35.5. The lowest BCUT2D eigenvalue weighted by atomic mass is 10.0. The summed E-state index contributed by atoms with van der Waals surface area (Å²) in [6.07, 6.45) is -4.86. The van der Waals surface area contributed by atoms with E-state index in [0.29, 0.717) is 4.90 Å². The molecule has 3 rings (SSSR count). The van der Waals surface area contributed by atoms with Gasteiger partial charge in [-0.2, -0.15) is 18.4 Å². The summed E-state index contributed by atoms with van der Waals surface area (Å²) < 4.78 is 40.8. The Morgan fingerprint density at radius 3 is 2.58 bits per heavy atom. The number of hydrogen-bond acceptors (Lipinski definition) is 3. The molecular formula is C15H11ClF3N3O2. The minimum Gasteiger partial charge on any atom is -0.311 e. The molecule has 2 fully saturated rings. The van der Waals surface area contributed by atoms with Gasteiger partial charge in [0.1, 0.15) is 12.1 Å². The van der Waals surface area contributed by atoms with Crippen LogP contribution in [0.15, 0.2) is 12.1 Å². The van der Waals surface area contributed by atoms with Gasteiger partial charge in [0.05, 0.1) is 16.3 Å². The summed E-state index contributed by atoms with van der Waals surface area (Å²) in [6.45, 7) is 1.40. The van der Waals surface area contributed by atoms with Crippen molar-refractivity contribution in [2.45, 2.75) is 31.6 Å². The molecule has 2 heterocycles. The van der Waals surface area contributed by atoms with E-state index in [-0.39, 0.29) is 34.8 Å². The highest BCUT2D eigenvalue weighted by molar-refractivity contribution is 6.33. The Morgan fingerprint density at radius 2 is 2.00 bits per heavy atom. The van der Waals surface area contributed by atoms with Crippen molar-refractivity contribution in [3.05, 3.63) is 28.3 Å². The van der Waals surface area contributed by atoms with Crippen LogP contribution in [0.1, 0.15) is 17.5 Å². The Balaban J connectivity index is 2.16. The number of nitrogens with zero attached hydrogens (tertiary/aromatic N) is 3. The number of rotatable bonds is 1. The van der Waals surface area contributed by atoms with Crippen LogP contribution in [0.2, 0.25) is 5.02 Å². The van der Waals surface area contributed by atoms with E-state index in [9.17, 15) is 22.8 Å². The summed E-state index contributed by atoms with van der Waals surface area (Å²) in [7, 11) is 0. The summed E-state index contributed by atoms with van der Waals surface area (Å²) in [4.78, 5) is 25.9. The molecule has 2 saturated heterocycles. The number of carbonyl (C=O) groups excluding carboxylic acids is 2. The van der Waals surface area contributed by atoms with Gasteiger partial charge in [-0.05, 0) is 24.6 Å². The first kappa shape index (κ1) is 16.6. The second kappa shape index (κ2) is 5.38. The first-order chi connectivity index (χ1) is 11.2. The van der Waals surface area contributed by atoms with Crippen LogP contribution < -0.4 is 4.90 Å². The van der Waals surface area contributed by atoms with E-state index >= 15 is 0 Å². The number of amides is 2. The minimum atomic E-state index is -4.78. The van der Waals surface area contributed by atoms with Crippen LogP contribution in [0, 0.1) is 18.3 Å². The second-order valence-corrected chi connectivity index (χ2v) is 6.05. The van der Waals surface area contributed by atoms with Gasteiger partial charge in [0, 0.05) is 13.0 Å². The zero-order chi connectivity index (χ0) is 17.8. The number of ketones is 1. The van der Waals surface area contributed by atoms with Crippen LogP contribution in [0.3, 0.4) is 0 Å². The van der Waals surface area contributed by atoms with Crippen molar-refractivity contribution in [2.24, 2.45) is 0 Å². The Bertz CT molecular complexity index is 787. The van der Waals surface area contributed by atoms with Crippen LogP contribution in [0.4, 0.5) is 23.7 Å². The number of urea groups is 1. The third-order valence-corrected chi connectivity index (χ3v) is 4.85. The van der Waals surface area contributed by atoms with E-state index in [1.165, 1.54) is 19.1 Å². The van der Waals surface area contributed by atoms with Crippen LogP contribution in [-0.2, 0) is 4.79 Å². The molecule has 0 aromatic heterocycles. The number of benzene rings is 1. The third-order valence-electron chi connectivity index (χ3n) is 4.37. The van der Waals surface area contributed by atoms with E-state index < -0.39 is 30.1 Å². The van der Waals surface area contributed by atoms with Crippen LogP contribution in [0.5, 0.6) is 0 Å². The number of carbonyl (C=O) groups is 2. The number of fused-ring (bicyclic) bond motifs is 1. The van der Waals surface area contributed by atoms with Gasteiger partial charge >= 0.3 is 12.2 Å². The molecule has 2 unspecified atom stereocenters. The van der Waals surface area contributed by atoms with Gasteiger partial charge in [0.15, 0.2) is 11.8 Å². The molecule has 0 bridgehead atoms. The maximum Gasteiger partial charge on any atom is 0.411 e. The lowest BCUT2D eigenvalue weighted by Crippen LogP contribution is -2.50. The minimum absolute atomic E-state index is 0.0119. The van der Waals surface area contributed by atoms with Gasteiger partial charge in [-0.25, -0.2) is 4.79 Å². The maximum absolute atomic E-state index is 13.6. The van der Waals surface area contributed by atoms with E-state index in [1.54, 1.807) is 0 Å². The zero-order valence-electron chi connectivity index (χ0n) is 12.4. The first-order valence-corrected chi connectivity index (χ1v) is 7.44. The predicted molar refractivity (Wildman–Crippen MR) is 78.7 cm³/mol. The Labute approximate surface area is 140 Å². The number of halogens is 4. The third kappa shape index (κ3) is 2.23. The van der Waals surface area contributed by atoms with Gasteiger partial charge in [-0.3, -0.25) is 9.69 Å². The van der Waals surface area contributed by atoms with E-state index in [0.717, 1.165) is 4.90 Å². The number of hydrogen-bond donors (Lipinski definition) is 0. The first-order valence-electron chi connectivity index (χ1n) is 7.07. The summed E-state index contributed by atoms with van der Waals surface area (Å²) in [5, 5.41) is 8.94. The van der Waals surface area contributed by atoms with Crippen LogP contribution >= 0.6 is 11.6 Å². The molecule has 2 amide bonds. The highest BCUT2D eigenvalue weighted by Gasteiger charge is 2.63. The van der Waals surface area contributed by atoms with Crippen molar-refractivity contribution >= 4 is 29.1 Å². The molecule has 1 aromatic carbocycles. The summed E-state index contributed by atoms with van der Waals surface area (Å²) in [5.74, 6) is -0.606. The summed E-state index contributed by atoms with van der Waals surface area (Å²) in [5.41, 5.74) is 0.241. The molecule has 24 heavy (non-hydrogen) atoms. The Kier molecular flexibility index (Phi) is 3.72. The molecule has 2 aliphatic heterocycles. The molecule has 0 aliphatic carbocycles. The van der Waals surface area contributed by atoms with Gasteiger partial charge in [-0.15, -0.1) is 0 Å². The fourth-order valence-electron chi connectivity index (χ4n) is 3.25. The van der Waals surface area contributed by atoms with Gasteiger partial charge in [-0.1, -0.05) is 11.6 Å². The average Bonchev–Trinajstić information content (AvgIpc) is 3.01. The Hall–Kier alpha value is -2.27. The summed E-state index contributed by atoms with van der Waals surface area (Å²) >= 11 is 6.01. The monoisotopic (exact) mass is 357 g/mol. The fraction of sp³-hybridized carbons (Fsp3) is 0.400. The molecule has 0 N–H and O–H groups in total. The van der Waals surface area contributed by atoms with Gasteiger partial charge in [0.25, 0.3) is 0 Å². The number of anilines is 1. The molecule has 2 atom stereocenters. The molecule has 0 saturated carbocycles. The van der Waals surface area contributed by atoms with E-state index in [1.807, 2.05) is 6.07 Å². The molecule has 0 radical (unpaired) electrons. The second-order valence-electron chi connectivity index (χ2n) is 5.68.